The summed E-state index contributed by atoms with van der Waals surface area (Å²) in [6, 6.07) is 12.1. The van der Waals surface area contributed by atoms with E-state index in [0.29, 0.717) is 76.9 Å². The summed E-state index contributed by atoms with van der Waals surface area (Å²) in [6.07, 6.45) is -0.441. The van der Waals surface area contributed by atoms with Crippen LogP contribution >= 0.6 is 0 Å². The molecule has 3 fully saturated rings. The third-order valence-corrected chi connectivity index (χ3v) is 14.4. The largest absolute Gasteiger partial charge is 3.00 e. The van der Waals surface area contributed by atoms with Crippen molar-refractivity contribution >= 4 is 60.6 Å². The van der Waals surface area contributed by atoms with Crippen LogP contribution in [0.4, 0.5) is 13.2 Å². The number of rotatable bonds is 12. The van der Waals surface area contributed by atoms with Crippen molar-refractivity contribution in [2.24, 2.45) is 5.92 Å². The number of alkyl halides is 3. The predicted molar refractivity (Wildman–Crippen MR) is 225 cm³/mol. The van der Waals surface area contributed by atoms with Crippen molar-refractivity contribution in [2.75, 3.05) is 91.6 Å². The molecule has 1 spiro atoms. The molecule has 6 aliphatic rings. The van der Waals surface area contributed by atoms with Crippen LogP contribution in [0.1, 0.15) is 54.2 Å². The summed E-state index contributed by atoms with van der Waals surface area (Å²) < 4.78 is 41.1. The zero-order valence-electron chi connectivity index (χ0n) is 36.5. The number of aliphatic carboxylic acids is 4. The van der Waals surface area contributed by atoms with Crippen molar-refractivity contribution < 1.29 is 67.7 Å². The van der Waals surface area contributed by atoms with Crippen LogP contribution < -0.4 is 20.1 Å². The van der Waals surface area contributed by atoms with Gasteiger partial charge in [0.1, 0.15) is 0 Å². The first kappa shape index (κ1) is 49.8. The molecule has 4 atom stereocenters. The number of likely N-dealkylation sites (tertiary alicyclic amines) is 1. The Morgan fingerprint density at radius 1 is 0.788 bits per heavy atom. The maximum Gasteiger partial charge on any atom is 3.00 e. The average Bonchev–Trinajstić information content (AvgIpc) is 3.91. The number of ether oxygens (including phenoxy) is 1. The molecule has 354 valence electrons. The van der Waals surface area contributed by atoms with Gasteiger partial charge in [-0.05, 0) is 74.4 Å². The summed E-state index contributed by atoms with van der Waals surface area (Å²) in [5.41, 5.74) is 3.55. The Hall–Kier alpha value is -4.12. The molecule has 4 heterocycles. The summed E-state index contributed by atoms with van der Waals surface area (Å²) in [5.74, 6) is -5.14. The number of aliphatic hydroxyl groups is 1. The number of halogens is 3. The molecule has 2 aromatic carbocycles. The molecule has 3 aliphatic heterocycles. The van der Waals surface area contributed by atoms with Crippen molar-refractivity contribution in [3.63, 3.8) is 0 Å². The number of phenols is 1. The molecule has 0 unspecified atom stereocenters. The molecule has 1 aromatic heterocycles. The molecule has 3 aliphatic carbocycles. The van der Waals surface area contributed by atoms with Gasteiger partial charge in [0.05, 0.1) is 34.6 Å². The van der Waals surface area contributed by atoms with Crippen LogP contribution in [0, 0.1) is 5.92 Å². The van der Waals surface area contributed by atoms with Gasteiger partial charge in [-0.25, -0.2) is 4.79 Å². The summed E-state index contributed by atoms with van der Waals surface area (Å²) in [7, 11) is 0. The van der Waals surface area contributed by atoms with Crippen molar-refractivity contribution in [1.82, 2.24) is 29.1 Å². The third-order valence-electron chi connectivity index (χ3n) is 14.4. The Morgan fingerprint density at radius 2 is 1.33 bits per heavy atom. The number of nitrogens with zero attached hydrogens (tertiary/aromatic N) is 6. The van der Waals surface area contributed by atoms with Crippen LogP contribution in [0.2, 0.25) is 0 Å². The number of carboxylic acid groups (broad SMARTS) is 4. The summed E-state index contributed by atoms with van der Waals surface area (Å²) in [6.45, 7) is 5.16. The van der Waals surface area contributed by atoms with E-state index < -0.39 is 47.2 Å². The number of aryl methyl sites for hydroxylation is 1. The number of carboxylic acids is 4. The maximum absolute atomic E-state index is 13.4. The minimum atomic E-state index is -5.08. The van der Waals surface area contributed by atoms with Crippen LogP contribution in [-0.4, -0.2) is 204 Å². The number of hydrogen-bond donors (Lipinski definition) is 3. The average molecular weight is 1030 g/mol. The second kappa shape index (κ2) is 19.8. The van der Waals surface area contributed by atoms with Crippen LogP contribution in [-0.2, 0) is 44.0 Å². The molecule has 3 aromatic rings. The second-order valence-electron chi connectivity index (χ2n) is 18.4. The fourth-order valence-corrected chi connectivity index (χ4v) is 11.3. The van der Waals surface area contributed by atoms with Crippen LogP contribution in [0.25, 0.3) is 10.9 Å². The third kappa shape index (κ3) is 9.89. The van der Waals surface area contributed by atoms with E-state index in [1.165, 1.54) is 12.8 Å². The smallest absolute Gasteiger partial charge is 0.549 e. The SMILES string of the molecule is O=C(O)C(F)(F)F.O=C([O-])CN1CCN(CCCn2c3c(c4ccccc42)C[C@@]2(O)[C@H]4Cc5ccc(O)c6c5[C@@]2(CCN4CC2CC2)[C@H]3O6)CCN(CC(=O)[O-])CCN(CC(=O)[O-])CC1.[In+3]. The van der Waals surface area contributed by atoms with Gasteiger partial charge in [0.2, 0.25) is 0 Å². The van der Waals surface area contributed by atoms with Gasteiger partial charge in [0, 0.05) is 114 Å². The Labute approximate surface area is 398 Å². The molecule has 0 radical (unpaired) electrons. The molecule has 2 saturated heterocycles. The number of benzene rings is 2. The van der Waals surface area contributed by atoms with Crippen LogP contribution in [0.5, 0.6) is 11.5 Å². The molecule has 0 amide bonds. The second-order valence-corrected chi connectivity index (χ2v) is 18.4. The van der Waals surface area contributed by atoms with Crippen molar-refractivity contribution in [1.29, 1.82) is 0 Å². The van der Waals surface area contributed by atoms with Gasteiger partial charge in [-0.1, -0.05) is 24.3 Å². The Bertz CT molecular complexity index is 2280. The summed E-state index contributed by atoms with van der Waals surface area (Å²) in [4.78, 5) is 53.7. The standard InChI is InChI=1S/C43H56N6O9.C2HF3O2.In/c50-33-9-8-29-22-34-43(57)23-31-30-4-1-2-5-32(30)49(39(31)41-42(43,38(29)40(33)58-41)10-13-48(34)24-28-6-7-28)12-3-11-44-14-16-45(25-35(51)52)18-20-47(27-37(55)56)21-19-46(17-15-44)26-36(53)54;3-2(4,5)1(6)7;/h1-2,4-5,8-9,28,34,41,50,57H,3,6-7,10-27H2,(H,51,52)(H,53,54)(H,55,56);(H,6,7);/q;;+3/p-3/t34-,41+,42+,43-;;/m1../s1. The van der Waals surface area contributed by atoms with Gasteiger partial charge >= 0.3 is 38.0 Å². The normalized spacial score (nSPS) is 26.1. The van der Waals surface area contributed by atoms with Crippen LogP contribution in [0.3, 0.4) is 0 Å². The van der Waals surface area contributed by atoms with Crippen LogP contribution in [0.15, 0.2) is 36.4 Å². The quantitative estimate of drug-likeness (QED) is 0.181. The number of para-hydroxylation sites is 1. The zero-order chi connectivity index (χ0) is 46.4. The van der Waals surface area contributed by atoms with Gasteiger partial charge < -0.3 is 59.2 Å². The van der Waals surface area contributed by atoms with Gasteiger partial charge in [-0.2, -0.15) is 13.2 Å². The first-order chi connectivity index (χ1) is 30.9. The molecule has 9 rings (SSSR count). The molecule has 66 heavy (non-hydrogen) atoms. The number of aromatic hydroxyl groups is 1. The zero-order valence-corrected chi connectivity index (χ0v) is 39.8. The summed E-state index contributed by atoms with van der Waals surface area (Å²) >= 11 is 0. The topological polar surface area (TPSA) is 229 Å². The fourth-order valence-electron chi connectivity index (χ4n) is 11.3. The van der Waals surface area contributed by atoms with E-state index in [2.05, 4.69) is 26.5 Å². The fraction of sp³-hybridized carbons (Fsp3) is 0.600. The number of piperidine rings is 1. The van der Waals surface area contributed by atoms with E-state index in [0.717, 1.165) is 59.2 Å². The van der Waals surface area contributed by atoms with Gasteiger partial charge in [0.25, 0.3) is 0 Å². The Kier molecular flexibility index (Phi) is 15.0. The minimum Gasteiger partial charge on any atom is -0.549 e. The number of carbonyl (C=O) groups excluding carboxylic acids is 3. The van der Waals surface area contributed by atoms with E-state index in [-0.39, 0.29) is 70.4 Å². The Balaban J connectivity index is 0.000000752. The molecule has 2 bridgehead atoms. The number of carbonyl (C=O) groups is 4. The number of aromatic nitrogens is 1. The first-order valence-corrected chi connectivity index (χ1v) is 22.3. The maximum atomic E-state index is 13.4. The number of hydrogen-bond acceptors (Lipinski definition) is 15. The van der Waals surface area contributed by atoms with E-state index in [1.807, 2.05) is 18.2 Å². The molecule has 3 N–H and O–H groups in total. The monoisotopic (exact) mass is 1030 g/mol. The van der Waals surface area contributed by atoms with E-state index in [1.54, 1.807) is 20.8 Å². The number of fused-ring (bicyclic) bond motifs is 4. The van der Waals surface area contributed by atoms with Gasteiger partial charge in [-0.15, -0.1) is 0 Å². The molecule has 1 saturated carbocycles. The van der Waals surface area contributed by atoms with E-state index in [9.17, 15) is 53.1 Å². The molecular weight excluding hydrogens is 972 g/mol. The molecule has 21 heteroatoms. The minimum absolute atomic E-state index is 0. The van der Waals surface area contributed by atoms with E-state index in [4.69, 9.17) is 14.6 Å². The predicted octanol–water partition coefficient (Wildman–Crippen LogP) is -1.84. The van der Waals surface area contributed by atoms with Crippen molar-refractivity contribution in [2.45, 2.75) is 74.4 Å². The van der Waals surface area contributed by atoms with E-state index >= 15 is 0 Å². The van der Waals surface area contributed by atoms with Gasteiger partial charge in [0.15, 0.2) is 17.6 Å². The van der Waals surface area contributed by atoms with Crippen molar-refractivity contribution in [3.05, 3.63) is 58.8 Å². The Morgan fingerprint density at radius 3 is 1.86 bits per heavy atom. The molecular formula is C45H54F3InN6O11. The number of phenolic OH excluding ortho intramolecular Hbond substituents is 1. The molecule has 17 nitrogen and oxygen atoms in total. The summed E-state index contributed by atoms with van der Waals surface area (Å²) in [5, 5.41) is 67.8. The first-order valence-electron chi connectivity index (χ1n) is 22.3. The van der Waals surface area contributed by atoms with Gasteiger partial charge in [-0.3, -0.25) is 19.6 Å². The van der Waals surface area contributed by atoms with Crippen molar-refractivity contribution in [3.8, 4) is 11.5 Å².